The summed E-state index contributed by atoms with van der Waals surface area (Å²) in [6.07, 6.45) is -3.32. The molecule has 1 rings (SSSR count). The molecule has 0 saturated carbocycles. The normalized spacial score (nSPS) is 14.1. The molecule has 1 unspecified atom stereocenters. The Balaban J connectivity index is 2.86. The lowest BCUT2D eigenvalue weighted by Crippen LogP contribution is -2.23. The summed E-state index contributed by atoms with van der Waals surface area (Å²) >= 11 is 2.97. The van der Waals surface area contributed by atoms with Crippen molar-refractivity contribution < 1.29 is 17.6 Å². The van der Waals surface area contributed by atoms with Crippen LogP contribution < -0.4 is 5.73 Å². The maximum atomic E-state index is 12.2. The van der Waals surface area contributed by atoms with Crippen molar-refractivity contribution in [3.05, 3.63) is 34.7 Å². The lowest BCUT2D eigenvalue weighted by Gasteiger charge is -2.15. The van der Waals surface area contributed by atoms with Gasteiger partial charge in [0.1, 0.15) is 0 Å². The molecule has 0 aliphatic rings. The second-order valence-electron chi connectivity index (χ2n) is 2.68. The van der Waals surface area contributed by atoms with Crippen LogP contribution in [0.1, 0.15) is 11.6 Å². The summed E-state index contributed by atoms with van der Waals surface area (Å²) in [5.41, 5.74) is 4.58. The molecule has 2 N–H and O–H groups in total. The van der Waals surface area contributed by atoms with Crippen LogP contribution in [-0.4, -0.2) is 6.18 Å². The van der Waals surface area contributed by atoms with Gasteiger partial charge in [-0.2, -0.15) is 13.2 Å². The van der Waals surface area contributed by atoms with Crippen LogP contribution in [0.3, 0.4) is 0 Å². The SMILES string of the molecule is C=C(C(N)c1coc(Br)c1)C(F)(F)F. The van der Waals surface area contributed by atoms with Crippen LogP contribution in [0.15, 0.2) is 33.6 Å². The number of hydrogen-bond donors (Lipinski definition) is 1. The number of furan rings is 1. The maximum Gasteiger partial charge on any atom is 0.413 e. The Labute approximate surface area is 86.7 Å². The van der Waals surface area contributed by atoms with Gasteiger partial charge in [-0.1, -0.05) is 6.58 Å². The van der Waals surface area contributed by atoms with Crippen molar-refractivity contribution in [2.24, 2.45) is 5.73 Å². The first kappa shape index (κ1) is 11.3. The van der Waals surface area contributed by atoms with E-state index in [1.54, 1.807) is 0 Å². The Bertz CT molecular complexity index is 345. The first-order valence-electron chi connectivity index (χ1n) is 3.58. The van der Waals surface area contributed by atoms with Crippen LogP contribution in [0, 0.1) is 0 Å². The third-order valence-corrected chi connectivity index (χ3v) is 2.10. The Morgan fingerprint density at radius 3 is 2.50 bits per heavy atom. The van der Waals surface area contributed by atoms with E-state index in [4.69, 9.17) is 10.2 Å². The molecular formula is C8H7BrF3NO. The Morgan fingerprint density at radius 2 is 2.14 bits per heavy atom. The molecule has 1 aromatic heterocycles. The van der Waals surface area contributed by atoms with Crippen LogP contribution in [0.25, 0.3) is 0 Å². The summed E-state index contributed by atoms with van der Waals surface area (Å²) in [6.45, 7) is 2.90. The van der Waals surface area contributed by atoms with E-state index in [0.717, 1.165) is 6.26 Å². The van der Waals surface area contributed by atoms with Crippen molar-refractivity contribution in [1.29, 1.82) is 0 Å². The van der Waals surface area contributed by atoms with E-state index < -0.39 is 17.8 Å². The number of rotatable bonds is 2. The molecule has 0 aliphatic heterocycles. The standard InChI is InChI=1S/C8H7BrF3NO/c1-4(8(10,11)12)7(13)5-2-6(9)14-3-5/h2-3,7H,1,13H2. The van der Waals surface area contributed by atoms with Crippen LogP contribution in [0.4, 0.5) is 13.2 Å². The average Bonchev–Trinajstić information content (AvgIpc) is 2.47. The predicted molar refractivity (Wildman–Crippen MR) is 48.5 cm³/mol. The highest BCUT2D eigenvalue weighted by atomic mass is 79.9. The molecule has 0 radical (unpaired) electrons. The molecule has 78 valence electrons. The first-order valence-corrected chi connectivity index (χ1v) is 4.37. The second kappa shape index (κ2) is 3.78. The minimum absolute atomic E-state index is 0.235. The lowest BCUT2D eigenvalue weighted by atomic mass is 10.0. The molecule has 0 saturated heterocycles. The molecule has 0 aromatic carbocycles. The monoisotopic (exact) mass is 269 g/mol. The lowest BCUT2D eigenvalue weighted by molar-refractivity contribution is -0.0953. The predicted octanol–water partition coefficient (Wildman–Crippen LogP) is 3.16. The second-order valence-corrected chi connectivity index (χ2v) is 3.47. The maximum absolute atomic E-state index is 12.2. The van der Waals surface area contributed by atoms with Crippen molar-refractivity contribution in [2.45, 2.75) is 12.2 Å². The van der Waals surface area contributed by atoms with Gasteiger partial charge in [-0.15, -0.1) is 0 Å². The van der Waals surface area contributed by atoms with E-state index in [9.17, 15) is 13.2 Å². The summed E-state index contributed by atoms with van der Waals surface area (Å²) in [5.74, 6) is 0. The van der Waals surface area contributed by atoms with E-state index in [2.05, 4.69) is 22.5 Å². The van der Waals surface area contributed by atoms with Gasteiger partial charge in [-0.05, 0) is 22.0 Å². The molecule has 0 aliphatic carbocycles. The summed E-state index contributed by atoms with van der Waals surface area (Å²) in [7, 11) is 0. The van der Waals surface area contributed by atoms with E-state index in [-0.39, 0.29) is 5.56 Å². The highest BCUT2D eigenvalue weighted by Crippen LogP contribution is 2.33. The molecule has 0 bridgehead atoms. The topological polar surface area (TPSA) is 39.2 Å². The van der Waals surface area contributed by atoms with E-state index in [0.29, 0.717) is 4.67 Å². The van der Waals surface area contributed by atoms with Crippen molar-refractivity contribution in [3.63, 3.8) is 0 Å². The highest BCUT2D eigenvalue weighted by Gasteiger charge is 2.36. The van der Waals surface area contributed by atoms with Crippen molar-refractivity contribution >= 4 is 15.9 Å². The smallest absolute Gasteiger partial charge is 0.413 e. The largest absolute Gasteiger partial charge is 0.457 e. The van der Waals surface area contributed by atoms with Crippen LogP contribution >= 0.6 is 15.9 Å². The minimum Gasteiger partial charge on any atom is -0.457 e. The zero-order chi connectivity index (χ0) is 10.9. The molecule has 0 spiro atoms. The average molecular weight is 270 g/mol. The molecule has 0 amide bonds. The molecule has 2 nitrogen and oxygen atoms in total. The van der Waals surface area contributed by atoms with E-state index in [1.807, 2.05) is 0 Å². The molecule has 1 atom stereocenters. The number of halogens is 4. The highest BCUT2D eigenvalue weighted by molar-refractivity contribution is 9.10. The summed E-state index contributed by atoms with van der Waals surface area (Å²) in [4.78, 5) is 0. The molecule has 14 heavy (non-hydrogen) atoms. The summed E-state index contributed by atoms with van der Waals surface area (Å²) in [6, 6.07) is 0.0896. The third-order valence-electron chi connectivity index (χ3n) is 1.69. The number of hydrogen-bond acceptors (Lipinski definition) is 2. The van der Waals surface area contributed by atoms with E-state index >= 15 is 0 Å². The van der Waals surface area contributed by atoms with Crippen molar-refractivity contribution in [2.75, 3.05) is 0 Å². The van der Waals surface area contributed by atoms with Gasteiger partial charge in [0.25, 0.3) is 0 Å². The zero-order valence-electron chi connectivity index (χ0n) is 6.94. The van der Waals surface area contributed by atoms with Gasteiger partial charge < -0.3 is 10.2 Å². The molecular weight excluding hydrogens is 263 g/mol. The first-order chi connectivity index (χ1) is 6.32. The fraction of sp³-hybridized carbons (Fsp3) is 0.250. The zero-order valence-corrected chi connectivity index (χ0v) is 8.52. The summed E-state index contributed by atoms with van der Waals surface area (Å²) < 4.78 is 41.6. The fourth-order valence-corrected chi connectivity index (χ4v) is 1.22. The number of alkyl halides is 3. The van der Waals surface area contributed by atoms with Crippen molar-refractivity contribution in [3.8, 4) is 0 Å². The van der Waals surface area contributed by atoms with Gasteiger partial charge >= 0.3 is 6.18 Å². The van der Waals surface area contributed by atoms with Crippen LogP contribution in [0.5, 0.6) is 0 Å². The van der Waals surface area contributed by atoms with Gasteiger partial charge in [-0.25, -0.2) is 0 Å². The third kappa shape index (κ3) is 2.39. The van der Waals surface area contributed by atoms with E-state index in [1.165, 1.54) is 6.07 Å². The minimum atomic E-state index is -4.48. The van der Waals surface area contributed by atoms with Gasteiger partial charge in [0, 0.05) is 11.1 Å². The quantitative estimate of drug-likeness (QED) is 0.838. The van der Waals surface area contributed by atoms with Crippen molar-refractivity contribution in [1.82, 2.24) is 0 Å². The van der Waals surface area contributed by atoms with Gasteiger partial charge in [-0.3, -0.25) is 0 Å². The number of nitrogens with two attached hydrogens (primary N) is 1. The van der Waals surface area contributed by atoms with Gasteiger partial charge in [0.2, 0.25) is 0 Å². The Kier molecular flexibility index (Phi) is 3.06. The fourth-order valence-electron chi connectivity index (χ4n) is 0.864. The Morgan fingerprint density at radius 1 is 1.57 bits per heavy atom. The van der Waals surface area contributed by atoms with Gasteiger partial charge in [0.15, 0.2) is 4.67 Å². The molecule has 6 heteroatoms. The molecule has 1 heterocycles. The van der Waals surface area contributed by atoms with Crippen LogP contribution in [0.2, 0.25) is 0 Å². The summed E-state index contributed by atoms with van der Waals surface area (Å²) in [5, 5.41) is 0. The molecule has 1 aromatic rings. The van der Waals surface area contributed by atoms with Gasteiger partial charge in [0.05, 0.1) is 12.3 Å². The Hall–Kier alpha value is -0.750. The van der Waals surface area contributed by atoms with Crippen LogP contribution in [-0.2, 0) is 0 Å². The molecule has 0 fully saturated rings.